The number of anilines is 3. The van der Waals surface area contributed by atoms with E-state index in [9.17, 15) is 36.3 Å². The summed E-state index contributed by atoms with van der Waals surface area (Å²) >= 11 is 0.776. The molecule has 0 aliphatic carbocycles. The van der Waals surface area contributed by atoms with E-state index in [1.165, 1.54) is 26.8 Å². The van der Waals surface area contributed by atoms with Crippen LogP contribution in [0.2, 0.25) is 0 Å². The van der Waals surface area contributed by atoms with Gasteiger partial charge in [0.25, 0.3) is 5.91 Å². The molecule has 0 spiro atoms. The quantitative estimate of drug-likeness (QED) is 0.236. The third-order valence-corrected chi connectivity index (χ3v) is 6.99. The first kappa shape index (κ1) is 28.7. The maximum absolute atomic E-state index is 13.5. The Balaban J connectivity index is 1.76. The first-order valence-electron chi connectivity index (χ1n) is 11.2. The van der Waals surface area contributed by atoms with Gasteiger partial charge in [-0.05, 0) is 57.0 Å². The molecule has 1 aromatic heterocycles. The fourth-order valence-corrected chi connectivity index (χ4v) is 4.13. The Morgan fingerprint density at radius 2 is 1.58 bits per heavy atom. The standard InChI is InChI=1S/C25H23F5N4O3S/c1-5-24(4,21(36)32-15-8-9-16(26)17(27)11-15)22(37)34-23-31-13(3)19(38-23)20(35)33-18-10-14(25(28,29)30)7-6-12(18)2/h6-11H,5H2,1-4H3,(H,32,36)(H,33,35)(H,31,34,37). The first-order chi connectivity index (χ1) is 17.6. The zero-order valence-corrected chi connectivity index (χ0v) is 21.5. The Labute approximate surface area is 218 Å². The highest BCUT2D eigenvalue weighted by Gasteiger charge is 2.40. The van der Waals surface area contributed by atoms with Gasteiger partial charge < -0.3 is 16.0 Å². The van der Waals surface area contributed by atoms with Crippen molar-refractivity contribution in [2.75, 3.05) is 16.0 Å². The van der Waals surface area contributed by atoms with E-state index in [0.29, 0.717) is 5.56 Å². The third kappa shape index (κ3) is 6.15. The largest absolute Gasteiger partial charge is 0.416 e. The summed E-state index contributed by atoms with van der Waals surface area (Å²) in [4.78, 5) is 42.9. The van der Waals surface area contributed by atoms with Crippen LogP contribution in [0.15, 0.2) is 36.4 Å². The van der Waals surface area contributed by atoms with E-state index in [2.05, 4.69) is 20.9 Å². The van der Waals surface area contributed by atoms with Crippen molar-refractivity contribution in [1.82, 2.24) is 4.98 Å². The number of hydrogen-bond acceptors (Lipinski definition) is 5. The van der Waals surface area contributed by atoms with Crippen molar-refractivity contribution in [3.8, 4) is 0 Å². The number of amides is 3. The van der Waals surface area contributed by atoms with Crippen LogP contribution in [0.1, 0.15) is 46.8 Å². The SMILES string of the molecule is CCC(C)(C(=O)Nc1ccc(F)c(F)c1)C(=O)Nc1nc(C)c(C(=O)Nc2cc(C(F)(F)F)ccc2C)s1. The number of carbonyl (C=O) groups excluding carboxylic acids is 3. The van der Waals surface area contributed by atoms with Gasteiger partial charge in [-0.2, -0.15) is 13.2 Å². The third-order valence-electron chi connectivity index (χ3n) is 5.92. The summed E-state index contributed by atoms with van der Waals surface area (Å²) < 4.78 is 65.9. The minimum Gasteiger partial charge on any atom is -0.325 e. The highest BCUT2D eigenvalue weighted by Crippen LogP contribution is 2.33. The highest BCUT2D eigenvalue weighted by atomic mass is 32.1. The van der Waals surface area contributed by atoms with Crippen molar-refractivity contribution in [3.63, 3.8) is 0 Å². The van der Waals surface area contributed by atoms with Gasteiger partial charge in [0.1, 0.15) is 10.3 Å². The van der Waals surface area contributed by atoms with Crippen LogP contribution in [0.4, 0.5) is 38.5 Å². The molecule has 3 N–H and O–H groups in total. The first-order valence-corrected chi connectivity index (χ1v) is 12.0. The maximum Gasteiger partial charge on any atom is 0.416 e. The molecule has 1 heterocycles. The van der Waals surface area contributed by atoms with Crippen molar-refractivity contribution >= 4 is 45.6 Å². The molecule has 2 aromatic carbocycles. The monoisotopic (exact) mass is 554 g/mol. The zero-order chi connectivity index (χ0) is 28.4. The predicted octanol–water partition coefficient (Wildman–Crippen LogP) is 6.30. The minimum atomic E-state index is -4.59. The van der Waals surface area contributed by atoms with Crippen LogP contribution in [0.5, 0.6) is 0 Å². The molecule has 0 saturated heterocycles. The summed E-state index contributed by atoms with van der Waals surface area (Å²) in [6, 6.07) is 5.73. The summed E-state index contributed by atoms with van der Waals surface area (Å²) in [6.07, 6.45) is -4.56. The van der Waals surface area contributed by atoms with Gasteiger partial charge in [0.05, 0.1) is 11.3 Å². The van der Waals surface area contributed by atoms with Gasteiger partial charge in [-0.25, -0.2) is 13.8 Å². The molecule has 13 heteroatoms. The number of aromatic nitrogens is 1. The van der Waals surface area contributed by atoms with E-state index in [1.807, 2.05) is 0 Å². The van der Waals surface area contributed by atoms with E-state index >= 15 is 0 Å². The Morgan fingerprint density at radius 3 is 2.18 bits per heavy atom. The number of hydrogen-bond donors (Lipinski definition) is 3. The lowest BCUT2D eigenvalue weighted by molar-refractivity contribution is -0.138. The van der Waals surface area contributed by atoms with Crippen molar-refractivity contribution in [2.45, 2.75) is 40.3 Å². The second kappa shape index (κ2) is 10.9. The van der Waals surface area contributed by atoms with Crippen molar-refractivity contribution in [3.05, 3.63) is 69.7 Å². The number of aryl methyl sites for hydroxylation is 2. The smallest absolute Gasteiger partial charge is 0.325 e. The van der Waals surface area contributed by atoms with Crippen LogP contribution in [-0.4, -0.2) is 22.7 Å². The lowest BCUT2D eigenvalue weighted by atomic mass is 9.85. The Hall–Kier alpha value is -3.87. The number of carbonyl (C=O) groups is 3. The van der Waals surface area contributed by atoms with E-state index in [-0.39, 0.29) is 33.5 Å². The number of alkyl halides is 3. The second-order valence-electron chi connectivity index (χ2n) is 8.64. The fourth-order valence-electron chi connectivity index (χ4n) is 3.27. The summed E-state index contributed by atoms with van der Waals surface area (Å²) in [5, 5.41) is 7.29. The van der Waals surface area contributed by atoms with Crippen molar-refractivity contribution in [1.29, 1.82) is 0 Å². The average Bonchev–Trinajstić information content (AvgIpc) is 3.21. The molecule has 0 aliphatic rings. The topological polar surface area (TPSA) is 100 Å². The van der Waals surface area contributed by atoms with Crippen LogP contribution in [0.3, 0.4) is 0 Å². The molecule has 1 atom stereocenters. The lowest BCUT2D eigenvalue weighted by Gasteiger charge is -2.25. The molecule has 0 radical (unpaired) electrons. The predicted molar refractivity (Wildman–Crippen MR) is 133 cm³/mol. The van der Waals surface area contributed by atoms with Gasteiger partial charge in [-0.15, -0.1) is 0 Å². The Kier molecular flexibility index (Phi) is 8.20. The zero-order valence-electron chi connectivity index (χ0n) is 20.6. The van der Waals surface area contributed by atoms with Crippen molar-refractivity contribution in [2.24, 2.45) is 5.41 Å². The molecular formula is C25H23F5N4O3S. The molecular weight excluding hydrogens is 531 g/mol. The van der Waals surface area contributed by atoms with Gasteiger partial charge in [-0.3, -0.25) is 14.4 Å². The summed E-state index contributed by atoms with van der Waals surface area (Å²) in [6.45, 7) is 5.95. The van der Waals surface area contributed by atoms with Crippen LogP contribution >= 0.6 is 11.3 Å². The minimum absolute atomic E-state index is 0.0151. The molecule has 38 heavy (non-hydrogen) atoms. The normalized spacial score (nSPS) is 13.0. The summed E-state index contributed by atoms with van der Waals surface area (Å²) in [7, 11) is 0. The highest BCUT2D eigenvalue weighted by molar-refractivity contribution is 7.17. The lowest BCUT2D eigenvalue weighted by Crippen LogP contribution is -2.43. The van der Waals surface area contributed by atoms with Gasteiger partial charge >= 0.3 is 6.18 Å². The molecule has 0 aliphatic heterocycles. The number of nitrogens with one attached hydrogen (secondary N) is 3. The van der Waals surface area contributed by atoms with E-state index in [1.54, 1.807) is 6.92 Å². The van der Waals surface area contributed by atoms with Crippen LogP contribution in [0, 0.1) is 30.9 Å². The maximum atomic E-state index is 13.5. The molecule has 7 nitrogen and oxygen atoms in total. The molecule has 202 valence electrons. The molecule has 3 aromatic rings. The molecule has 1 unspecified atom stereocenters. The summed E-state index contributed by atoms with van der Waals surface area (Å²) in [5.41, 5.74) is -2.04. The van der Waals surface area contributed by atoms with Crippen LogP contribution in [0.25, 0.3) is 0 Å². The molecule has 3 amide bonds. The Morgan fingerprint density at radius 1 is 0.921 bits per heavy atom. The second-order valence-corrected chi connectivity index (χ2v) is 9.64. The molecule has 0 bridgehead atoms. The number of rotatable bonds is 7. The number of benzene rings is 2. The molecule has 0 fully saturated rings. The van der Waals surface area contributed by atoms with Crippen LogP contribution < -0.4 is 16.0 Å². The molecule has 3 rings (SSSR count). The van der Waals surface area contributed by atoms with E-state index in [4.69, 9.17) is 0 Å². The number of nitrogens with zero attached hydrogens (tertiary/aromatic N) is 1. The fraction of sp³-hybridized carbons (Fsp3) is 0.280. The number of thiazole rings is 1. The van der Waals surface area contributed by atoms with Gasteiger partial charge in [0, 0.05) is 17.4 Å². The van der Waals surface area contributed by atoms with Gasteiger partial charge in [0.15, 0.2) is 16.8 Å². The molecule has 0 saturated carbocycles. The van der Waals surface area contributed by atoms with Gasteiger partial charge in [0.2, 0.25) is 11.8 Å². The Bertz CT molecular complexity index is 1410. The number of halogens is 5. The van der Waals surface area contributed by atoms with Crippen LogP contribution in [-0.2, 0) is 15.8 Å². The van der Waals surface area contributed by atoms with E-state index < -0.39 is 46.5 Å². The summed E-state index contributed by atoms with van der Waals surface area (Å²) in [5.74, 6) is -4.54. The average molecular weight is 555 g/mol. The van der Waals surface area contributed by atoms with Crippen molar-refractivity contribution < 1.29 is 36.3 Å². The van der Waals surface area contributed by atoms with E-state index in [0.717, 1.165) is 41.7 Å². The van der Waals surface area contributed by atoms with Gasteiger partial charge in [-0.1, -0.05) is 24.3 Å².